The summed E-state index contributed by atoms with van der Waals surface area (Å²) < 4.78 is 0. The average molecular weight is 515 g/mol. The van der Waals surface area contributed by atoms with Crippen LogP contribution in [-0.4, -0.2) is 57.9 Å². The molecule has 0 saturated carbocycles. The van der Waals surface area contributed by atoms with E-state index >= 15 is 0 Å². The number of thiazole rings is 1. The fraction of sp³-hybridized carbons (Fsp3) is 0.556. The molecule has 0 bridgehead atoms. The Kier molecular flexibility index (Phi) is 8.89. The van der Waals surface area contributed by atoms with Gasteiger partial charge in [-0.3, -0.25) is 14.4 Å². The first kappa shape index (κ1) is 27.8. The van der Waals surface area contributed by atoms with Crippen molar-refractivity contribution in [3.05, 3.63) is 41.0 Å². The molecule has 2 aromatic rings. The van der Waals surface area contributed by atoms with E-state index in [-0.39, 0.29) is 30.8 Å². The van der Waals surface area contributed by atoms with E-state index in [4.69, 9.17) is 0 Å². The Morgan fingerprint density at radius 3 is 2.44 bits per heavy atom. The van der Waals surface area contributed by atoms with Crippen molar-refractivity contribution >= 4 is 29.6 Å². The number of aliphatic hydroxyl groups excluding tert-OH is 1. The molecule has 0 radical (unpaired) electrons. The van der Waals surface area contributed by atoms with Crippen LogP contribution in [0.1, 0.15) is 64.8 Å². The second-order valence-corrected chi connectivity index (χ2v) is 11.9. The third kappa shape index (κ3) is 6.50. The Morgan fingerprint density at radius 2 is 1.92 bits per heavy atom. The van der Waals surface area contributed by atoms with Crippen molar-refractivity contribution in [2.45, 2.75) is 78.6 Å². The van der Waals surface area contributed by atoms with Gasteiger partial charge >= 0.3 is 0 Å². The normalized spacial score (nSPS) is 19.7. The summed E-state index contributed by atoms with van der Waals surface area (Å²) in [6.45, 7) is 11.8. The first-order valence-electron chi connectivity index (χ1n) is 12.4. The van der Waals surface area contributed by atoms with Gasteiger partial charge in [0.1, 0.15) is 12.1 Å². The third-order valence-electron chi connectivity index (χ3n) is 6.56. The molecule has 4 atom stereocenters. The lowest BCUT2D eigenvalue weighted by Gasteiger charge is -2.35. The van der Waals surface area contributed by atoms with Crippen LogP contribution >= 0.6 is 11.3 Å². The van der Waals surface area contributed by atoms with Gasteiger partial charge in [-0.2, -0.15) is 0 Å². The maximum Gasteiger partial charge on any atom is 0.246 e. The molecular formula is C27H38N4O4S. The van der Waals surface area contributed by atoms with Crippen molar-refractivity contribution < 1.29 is 19.5 Å². The molecule has 0 aliphatic carbocycles. The zero-order valence-electron chi connectivity index (χ0n) is 21.9. The van der Waals surface area contributed by atoms with E-state index in [1.807, 2.05) is 57.5 Å². The lowest BCUT2D eigenvalue weighted by atomic mass is 9.85. The van der Waals surface area contributed by atoms with Crippen LogP contribution in [0.25, 0.3) is 10.4 Å². The topological polar surface area (TPSA) is 112 Å². The number of carbonyl (C=O) groups excluding carboxylic acids is 3. The minimum atomic E-state index is -0.806. The monoisotopic (exact) mass is 514 g/mol. The Morgan fingerprint density at radius 1 is 1.25 bits per heavy atom. The lowest BCUT2D eigenvalue weighted by molar-refractivity contribution is -0.143. The van der Waals surface area contributed by atoms with E-state index in [1.54, 1.807) is 11.3 Å². The van der Waals surface area contributed by atoms with Gasteiger partial charge in [0.25, 0.3) is 0 Å². The predicted molar refractivity (Wildman–Crippen MR) is 141 cm³/mol. The number of amides is 3. The summed E-state index contributed by atoms with van der Waals surface area (Å²) in [5.41, 5.74) is 4.33. The van der Waals surface area contributed by atoms with Gasteiger partial charge < -0.3 is 20.6 Å². The number of hydrogen-bond acceptors (Lipinski definition) is 6. The number of β-amino-alcohol motifs (C(OH)–C–C–N with tert-alkyl or cyclic N) is 1. The van der Waals surface area contributed by atoms with Crippen LogP contribution in [0.15, 0.2) is 29.8 Å². The smallest absolute Gasteiger partial charge is 0.246 e. The van der Waals surface area contributed by atoms with Crippen molar-refractivity contribution in [3.8, 4) is 10.4 Å². The third-order valence-corrected chi connectivity index (χ3v) is 7.53. The number of aliphatic hydroxyl groups is 1. The number of nitrogens with zero attached hydrogens (tertiary/aromatic N) is 2. The fourth-order valence-electron chi connectivity index (χ4n) is 4.69. The van der Waals surface area contributed by atoms with E-state index < -0.39 is 23.6 Å². The first-order chi connectivity index (χ1) is 16.9. The summed E-state index contributed by atoms with van der Waals surface area (Å²) >= 11 is 1.60. The quantitative estimate of drug-likeness (QED) is 0.444. The van der Waals surface area contributed by atoms with Gasteiger partial charge in [0.05, 0.1) is 28.2 Å². The maximum absolute atomic E-state index is 13.5. The van der Waals surface area contributed by atoms with Crippen LogP contribution in [0.3, 0.4) is 0 Å². The number of rotatable bonds is 9. The Balaban J connectivity index is 1.81. The highest BCUT2D eigenvalue weighted by Gasteiger charge is 2.44. The molecule has 1 aliphatic rings. The molecule has 8 nitrogen and oxygen atoms in total. The standard InChI is InChI=1S/C27H38N4O4S/c1-16(2)11-21(18-7-9-19(10-8-18)23-17(3)29-15-36-23)30-25(34)22-12-20(33)13-31(22)26(35)24(28-14-32)27(4,5)6/h7-10,14-16,20-22,24,33H,11-13H2,1-6H3,(H,28,32)(H,30,34)/t20-,21+,22+,24-/m1/s1. The summed E-state index contributed by atoms with van der Waals surface area (Å²) in [7, 11) is 0. The van der Waals surface area contributed by atoms with Crippen molar-refractivity contribution in [3.63, 3.8) is 0 Å². The van der Waals surface area contributed by atoms with Crippen LogP contribution in [0.5, 0.6) is 0 Å². The number of carbonyl (C=O) groups is 3. The number of likely N-dealkylation sites (tertiary alicyclic amines) is 1. The molecule has 196 valence electrons. The molecule has 3 N–H and O–H groups in total. The zero-order chi connectivity index (χ0) is 26.6. The summed E-state index contributed by atoms with van der Waals surface area (Å²) in [5, 5.41) is 16.1. The van der Waals surface area contributed by atoms with E-state index in [0.29, 0.717) is 12.3 Å². The molecule has 3 rings (SSSR count). The molecule has 36 heavy (non-hydrogen) atoms. The highest BCUT2D eigenvalue weighted by atomic mass is 32.1. The second kappa shape index (κ2) is 11.5. The van der Waals surface area contributed by atoms with Crippen molar-refractivity contribution in [1.82, 2.24) is 20.5 Å². The number of hydrogen-bond donors (Lipinski definition) is 3. The van der Waals surface area contributed by atoms with Crippen molar-refractivity contribution in [1.29, 1.82) is 0 Å². The summed E-state index contributed by atoms with van der Waals surface area (Å²) in [4.78, 5) is 44.9. The lowest BCUT2D eigenvalue weighted by Crippen LogP contribution is -2.56. The maximum atomic E-state index is 13.5. The van der Waals surface area contributed by atoms with E-state index in [0.717, 1.165) is 28.1 Å². The van der Waals surface area contributed by atoms with Gasteiger partial charge in [-0.05, 0) is 35.8 Å². The highest BCUT2D eigenvalue weighted by molar-refractivity contribution is 7.13. The van der Waals surface area contributed by atoms with Gasteiger partial charge in [0.15, 0.2) is 0 Å². The van der Waals surface area contributed by atoms with E-state index in [1.165, 1.54) is 4.90 Å². The van der Waals surface area contributed by atoms with E-state index in [2.05, 4.69) is 29.5 Å². The van der Waals surface area contributed by atoms with Gasteiger partial charge in [0, 0.05) is 13.0 Å². The van der Waals surface area contributed by atoms with E-state index in [9.17, 15) is 19.5 Å². The van der Waals surface area contributed by atoms with Crippen molar-refractivity contribution in [2.24, 2.45) is 11.3 Å². The van der Waals surface area contributed by atoms with Crippen LogP contribution in [0.2, 0.25) is 0 Å². The molecule has 1 aliphatic heterocycles. The second-order valence-electron chi connectivity index (χ2n) is 11.1. The molecule has 0 unspecified atom stereocenters. The van der Waals surface area contributed by atoms with Gasteiger partial charge in [-0.1, -0.05) is 58.9 Å². The number of benzene rings is 1. The molecule has 3 amide bonds. The largest absolute Gasteiger partial charge is 0.391 e. The number of nitrogens with one attached hydrogen (secondary N) is 2. The molecule has 1 saturated heterocycles. The summed E-state index contributed by atoms with van der Waals surface area (Å²) in [5.74, 6) is -0.338. The fourth-order valence-corrected chi connectivity index (χ4v) is 5.51. The van der Waals surface area contributed by atoms with Gasteiger partial charge in [0.2, 0.25) is 18.2 Å². The molecule has 9 heteroatoms. The molecule has 1 aromatic carbocycles. The van der Waals surface area contributed by atoms with Gasteiger partial charge in [-0.25, -0.2) is 4.98 Å². The van der Waals surface area contributed by atoms with Gasteiger partial charge in [-0.15, -0.1) is 11.3 Å². The average Bonchev–Trinajstić information content (AvgIpc) is 3.41. The molecule has 1 fully saturated rings. The SMILES string of the molecule is Cc1ncsc1-c1ccc([C@H](CC(C)C)NC(=O)[C@@H]2C[C@@H](O)CN2C(=O)[C@@H](NC=O)C(C)(C)C)cc1. The summed E-state index contributed by atoms with van der Waals surface area (Å²) in [6.07, 6.45) is 0.594. The predicted octanol–water partition coefficient (Wildman–Crippen LogP) is 3.44. The Hall–Kier alpha value is -2.78. The molecule has 0 spiro atoms. The minimum absolute atomic E-state index is 0.0573. The number of aryl methyl sites for hydroxylation is 1. The van der Waals surface area contributed by atoms with Crippen molar-refractivity contribution in [2.75, 3.05) is 6.54 Å². The molecular weight excluding hydrogens is 476 g/mol. The zero-order valence-corrected chi connectivity index (χ0v) is 22.8. The Labute approximate surface area is 217 Å². The highest BCUT2D eigenvalue weighted by Crippen LogP contribution is 2.31. The van der Waals surface area contributed by atoms with Crippen LogP contribution in [0, 0.1) is 18.3 Å². The van der Waals surface area contributed by atoms with Crippen LogP contribution in [-0.2, 0) is 14.4 Å². The molecule has 2 heterocycles. The van der Waals surface area contributed by atoms with Crippen LogP contribution in [0.4, 0.5) is 0 Å². The minimum Gasteiger partial charge on any atom is -0.391 e. The number of aromatic nitrogens is 1. The Bertz CT molecular complexity index is 1060. The molecule has 1 aromatic heterocycles. The summed E-state index contributed by atoms with van der Waals surface area (Å²) in [6, 6.07) is 6.29. The van der Waals surface area contributed by atoms with Crippen LogP contribution < -0.4 is 10.6 Å². The first-order valence-corrected chi connectivity index (χ1v) is 13.3.